The number of hydrogen-bond acceptors (Lipinski definition) is 2. The number of rotatable bonds is 2. The summed E-state index contributed by atoms with van der Waals surface area (Å²) in [7, 11) is 0. The summed E-state index contributed by atoms with van der Waals surface area (Å²) in [5.41, 5.74) is 1.26. The number of fused-ring (bicyclic) bond motifs is 1. The first kappa shape index (κ1) is 9.46. The first-order valence-corrected chi connectivity index (χ1v) is 5.90. The molecular formula is C11H13N2S+. The first-order valence-electron chi connectivity index (χ1n) is 4.68. The molecule has 3 heteroatoms. The van der Waals surface area contributed by atoms with Crippen molar-refractivity contribution >= 4 is 22.7 Å². The molecule has 0 saturated heterocycles. The number of nitrogens with zero attached hydrogens (tertiary/aromatic N) is 2. The van der Waals surface area contributed by atoms with E-state index < -0.39 is 0 Å². The standard InChI is InChI=1S/C11H13N2S/c1-3-13-8-12-11(14-2)9-6-4-5-7-10(9)13/h4-8H,3H2,1-2H3/q+1. The molecule has 14 heavy (non-hydrogen) atoms. The number of aromatic nitrogens is 2. The highest BCUT2D eigenvalue weighted by Gasteiger charge is 2.10. The molecule has 0 bridgehead atoms. The van der Waals surface area contributed by atoms with Gasteiger partial charge in [-0.3, -0.25) is 0 Å². The van der Waals surface area contributed by atoms with E-state index in [0.717, 1.165) is 11.6 Å². The number of thioether (sulfide) groups is 1. The van der Waals surface area contributed by atoms with E-state index in [1.54, 1.807) is 11.8 Å². The Bertz CT molecular complexity index is 411. The lowest BCUT2D eigenvalue weighted by Gasteiger charge is -2.01. The van der Waals surface area contributed by atoms with Gasteiger partial charge in [0.05, 0.1) is 11.9 Å². The molecule has 1 aromatic carbocycles. The van der Waals surface area contributed by atoms with Gasteiger partial charge in [0.15, 0.2) is 0 Å². The minimum absolute atomic E-state index is 0.960. The lowest BCUT2D eigenvalue weighted by molar-refractivity contribution is -0.671. The summed E-state index contributed by atoms with van der Waals surface area (Å²) in [6.45, 7) is 3.09. The molecule has 0 fully saturated rings. The van der Waals surface area contributed by atoms with Crippen molar-refractivity contribution in [3.63, 3.8) is 0 Å². The van der Waals surface area contributed by atoms with Crippen LogP contribution in [0.2, 0.25) is 0 Å². The zero-order chi connectivity index (χ0) is 9.97. The minimum atomic E-state index is 0.960. The molecular weight excluding hydrogens is 192 g/mol. The summed E-state index contributed by atoms with van der Waals surface area (Å²) < 4.78 is 2.16. The van der Waals surface area contributed by atoms with Crippen molar-refractivity contribution in [2.75, 3.05) is 6.26 Å². The highest BCUT2D eigenvalue weighted by Crippen LogP contribution is 2.20. The van der Waals surface area contributed by atoms with Crippen LogP contribution in [0.15, 0.2) is 35.6 Å². The molecule has 1 aromatic heterocycles. The zero-order valence-corrected chi connectivity index (χ0v) is 9.21. The van der Waals surface area contributed by atoms with Crippen molar-refractivity contribution in [2.24, 2.45) is 0 Å². The van der Waals surface area contributed by atoms with Crippen molar-refractivity contribution in [1.29, 1.82) is 0 Å². The Hall–Kier alpha value is -1.09. The van der Waals surface area contributed by atoms with E-state index in [1.165, 1.54) is 10.9 Å². The van der Waals surface area contributed by atoms with Crippen LogP contribution in [0.4, 0.5) is 0 Å². The van der Waals surface area contributed by atoms with Crippen LogP contribution in [-0.4, -0.2) is 11.2 Å². The fourth-order valence-corrected chi connectivity index (χ4v) is 2.12. The van der Waals surface area contributed by atoms with E-state index in [1.807, 2.05) is 6.33 Å². The van der Waals surface area contributed by atoms with Crippen molar-refractivity contribution < 1.29 is 4.57 Å². The van der Waals surface area contributed by atoms with E-state index in [9.17, 15) is 0 Å². The monoisotopic (exact) mass is 205 g/mol. The topological polar surface area (TPSA) is 16.8 Å². The molecule has 0 aliphatic rings. The van der Waals surface area contributed by atoms with Gasteiger partial charge in [0.1, 0.15) is 5.52 Å². The largest absolute Gasteiger partial charge is 0.288 e. The van der Waals surface area contributed by atoms with Crippen LogP contribution in [0.1, 0.15) is 6.92 Å². The third-order valence-corrected chi connectivity index (χ3v) is 3.00. The molecule has 72 valence electrons. The molecule has 1 heterocycles. The average Bonchev–Trinajstić information content (AvgIpc) is 2.27. The Kier molecular flexibility index (Phi) is 2.68. The lowest BCUT2D eigenvalue weighted by atomic mass is 10.2. The molecule has 2 rings (SSSR count). The molecule has 0 spiro atoms. The van der Waals surface area contributed by atoms with E-state index in [2.05, 4.69) is 47.0 Å². The molecule has 0 amide bonds. The second-order valence-corrected chi connectivity index (χ2v) is 3.85. The highest BCUT2D eigenvalue weighted by atomic mass is 32.2. The summed E-state index contributed by atoms with van der Waals surface area (Å²) in [4.78, 5) is 4.42. The molecule has 0 N–H and O–H groups in total. The molecule has 0 radical (unpaired) electrons. The fourth-order valence-electron chi connectivity index (χ4n) is 1.57. The summed E-state index contributed by atoms with van der Waals surface area (Å²) >= 11 is 1.69. The van der Waals surface area contributed by atoms with E-state index in [0.29, 0.717) is 0 Å². The second-order valence-electron chi connectivity index (χ2n) is 3.06. The van der Waals surface area contributed by atoms with E-state index >= 15 is 0 Å². The number of hydrogen-bond donors (Lipinski definition) is 0. The Morgan fingerprint density at radius 1 is 1.36 bits per heavy atom. The number of para-hydroxylation sites is 1. The second kappa shape index (κ2) is 3.96. The van der Waals surface area contributed by atoms with Gasteiger partial charge in [-0.25, -0.2) is 4.57 Å². The van der Waals surface area contributed by atoms with Gasteiger partial charge in [-0.2, -0.15) is 0 Å². The normalized spacial score (nSPS) is 10.7. The third-order valence-electron chi connectivity index (χ3n) is 2.29. The van der Waals surface area contributed by atoms with E-state index in [4.69, 9.17) is 0 Å². The van der Waals surface area contributed by atoms with Gasteiger partial charge in [0.25, 0.3) is 6.33 Å². The van der Waals surface area contributed by atoms with Gasteiger partial charge in [0, 0.05) is 0 Å². The van der Waals surface area contributed by atoms with Gasteiger partial charge in [-0.15, -0.1) is 0 Å². The molecule has 0 atom stereocenters. The summed E-state index contributed by atoms with van der Waals surface area (Å²) in [5, 5.41) is 2.34. The highest BCUT2D eigenvalue weighted by molar-refractivity contribution is 7.98. The van der Waals surface area contributed by atoms with Gasteiger partial charge < -0.3 is 0 Å². The van der Waals surface area contributed by atoms with Crippen molar-refractivity contribution in [3.8, 4) is 0 Å². The Morgan fingerprint density at radius 3 is 2.86 bits per heavy atom. The summed E-state index contributed by atoms with van der Waals surface area (Å²) in [5.74, 6) is 0. The van der Waals surface area contributed by atoms with E-state index in [-0.39, 0.29) is 0 Å². The minimum Gasteiger partial charge on any atom is -0.230 e. The number of benzene rings is 1. The molecule has 0 saturated carbocycles. The van der Waals surface area contributed by atoms with Gasteiger partial charge in [-0.1, -0.05) is 23.9 Å². The SMILES string of the molecule is CC[n+]1cnc(SC)c2ccccc21. The summed E-state index contributed by atoms with van der Waals surface area (Å²) in [6, 6.07) is 8.39. The van der Waals surface area contributed by atoms with Crippen LogP contribution < -0.4 is 4.57 Å². The summed E-state index contributed by atoms with van der Waals surface area (Å²) in [6.07, 6.45) is 3.97. The Balaban J connectivity index is 2.78. The van der Waals surface area contributed by atoms with Crippen LogP contribution in [0, 0.1) is 0 Å². The van der Waals surface area contributed by atoms with Crippen LogP contribution in [0.3, 0.4) is 0 Å². The maximum atomic E-state index is 4.42. The molecule has 2 aromatic rings. The lowest BCUT2D eigenvalue weighted by Crippen LogP contribution is -2.33. The number of aryl methyl sites for hydroxylation is 1. The quantitative estimate of drug-likeness (QED) is 0.425. The third kappa shape index (κ3) is 1.48. The van der Waals surface area contributed by atoms with Crippen LogP contribution in [-0.2, 0) is 6.54 Å². The molecule has 2 nitrogen and oxygen atoms in total. The smallest absolute Gasteiger partial charge is 0.230 e. The predicted octanol–water partition coefficient (Wildman–Crippen LogP) is 2.26. The van der Waals surface area contributed by atoms with Crippen molar-refractivity contribution in [3.05, 3.63) is 30.6 Å². The molecule has 0 aliphatic heterocycles. The van der Waals surface area contributed by atoms with Crippen LogP contribution >= 0.6 is 11.8 Å². The van der Waals surface area contributed by atoms with Crippen molar-refractivity contribution in [2.45, 2.75) is 18.5 Å². The van der Waals surface area contributed by atoms with Crippen molar-refractivity contribution in [1.82, 2.24) is 4.98 Å². The Morgan fingerprint density at radius 2 is 2.14 bits per heavy atom. The maximum absolute atomic E-state index is 4.42. The van der Waals surface area contributed by atoms with Gasteiger partial charge in [0.2, 0.25) is 5.03 Å². The average molecular weight is 205 g/mol. The molecule has 0 aliphatic carbocycles. The predicted molar refractivity (Wildman–Crippen MR) is 59.4 cm³/mol. The first-order chi connectivity index (χ1) is 6.86. The van der Waals surface area contributed by atoms with Gasteiger partial charge >= 0.3 is 0 Å². The zero-order valence-electron chi connectivity index (χ0n) is 8.40. The van der Waals surface area contributed by atoms with Gasteiger partial charge in [-0.05, 0) is 30.3 Å². The molecule has 0 unspecified atom stereocenters. The Labute approximate surface area is 88.0 Å². The van der Waals surface area contributed by atoms with Crippen LogP contribution in [0.25, 0.3) is 10.9 Å². The van der Waals surface area contributed by atoms with Crippen LogP contribution in [0.5, 0.6) is 0 Å². The fraction of sp³-hybridized carbons (Fsp3) is 0.273. The maximum Gasteiger partial charge on any atom is 0.288 e.